The summed E-state index contributed by atoms with van der Waals surface area (Å²) in [6.07, 6.45) is 3.65. The number of rotatable bonds is 2. The molecular weight excluding hydrogens is 258 g/mol. The lowest BCUT2D eigenvalue weighted by Gasteiger charge is -2.27. The van der Waals surface area contributed by atoms with Gasteiger partial charge in [-0.25, -0.2) is 0 Å². The number of carbonyl (C=O) groups is 1. The average molecular weight is 271 g/mol. The van der Waals surface area contributed by atoms with E-state index in [0.717, 1.165) is 5.56 Å². The van der Waals surface area contributed by atoms with E-state index in [1.165, 1.54) is 0 Å². The van der Waals surface area contributed by atoms with Gasteiger partial charge in [-0.3, -0.25) is 15.0 Å². The summed E-state index contributed by atoms with van der Waals surface area (Å²) in [5.41, 5.74) is 6.90. The topological polar surface area (TPSA) is 88.7 Å². The van der Waals surface area contributed by atoms with E-state index in [0.29, 0.717) is 28.7 Å². The fraction of sp³-hybridized carbons (Fsp3) is 0.143. The van der Waals surface area contributed by atoms with Gasteiger partial charge in [-0.15, -0.1) is 0 Å². The lowest BCUT2D eigenvalue weighted by Crippen LogP contribution is -2.47. The predicted molar refractivity (Wildman–Crippen MR) is 71.7 cm³/mol. The highest BCUT2D eigenvalue weighted by Crippen LogP contribution is 2.31. The van der Waals surface area contributed by atoms with E-state index in [9.17, 15) is 10.0 Å². The molecule has 20 heavy (non-hydrogen) atoms. The number of fused-ring (bicyclic) bond motifs is 1. The molecule has 0 aliphatic carbocycles. The molecule has 1 unspecified atom stereocenters. The summed E-state index contributed by atoms with van der Waals surface area (Å²) < 4.78 is 5.68. The van der Waals surface area contributed by atoms with Gasteiger partial charge in [-0.2, -0.15) is 5.06 Å². The second-order valence-corrected chi connectivity index (χ2v) is 4.54. The minimum atomic E-state index is -0.733. The molecule has 1 amide bonds. The third-order valence-electron chi connectivity index (χ3n) is 3.13. The minimum Gasteiger partial charge on any atom is -0.457 e. The number of amides is 1. The number of pyridine rings is 1. The summed E-state index contributed by atoms with van der Waals surface area (Å²) in [6, 6.07) is 7.84. The molecule has 1 aromatic heterocycles. The first-order chi connectivity index (χ1) is 9.65. The highest BCUT2D eigenvalue weighted by molar-refractivity contribution is 5.98. The van der Waals surface area contributed by atoms with Crippen molar-refractivity contribution in [3.05, 3.63) is 48.3 Å². The minimum absolute atomic E-state index is 0.374. The maximum atomic E-state index is 11.6. The Morgan fingerprint density at radius 1 is 1.25 bits per heavy atom. The van der Waals surface area contributed by atoms with Crippen LogP contribution in [0, 0.1) is 0 Å². The first-order valence-corrected chi connectivity index (χ1v) is 6.14. The molecule has 3 rings (SSSR count). The standard InChI is InChI=1S/C14H13N3O3/c15-12-8-9-7-11(20-10-3-5-16-6-4-10)1-2-13(9)17(19)14(12)18/h1-7,12,19H,8,15H2. The number of nitrogens with two attached hydrogens (primary N) is 1. The number of hydrogen-bond acceptors (Lipinski definition) is 5. The van der Waals surface area contributed by atoms with Crippen LogP contribution >= 0.6 is 0 Å². The van der Waals surface area contributed by atoms with Crippen molar-refractivity contribution in [3.63, 3.8) is 0 Å². The molecule has 0 saturated heterocycles. The molecule has 0 spiro atoms. The van der Waals surface area contributed by atoms with Crippen molar-refractivity contribution < 1.29 is 14.7 Å². The molecule has 0 saturated carbocycles. The van der Waals surface area contributed by atoms with Crippen molar-refractivity contribution in [2.75, 3.05) is 5.06 Å². The molecule has 6 heteroatoms. The zero-order valence-electron chi connectivity index (χ0n) is 10.6. The van der Waals surface area contributed by atoms with Crippen molar-refractivity contribution in [1.29, 1.82) is 0 Å². The summed E-state index contributed by atoms with van der Waals surface area (Å²) in [7, 11) is 0. The number of anilines is 1. The van der Waals surface area contributed by atoms with Crippen molar-refractivity contribution >= 4 is 11.6 Å². The van der Waals surface area contributed by atoms with Crippen LogP contribution in [0.1, 0.15) is 5.56 Å². The third-order valence-corrected chi connectivity index (χ3v) is 3.13. The summed E-state index contributed by atoms with van der Waals surface area (Å²) in [6.45, 7) is 0. The van der Waals surface area contributed by atoms with Crippen molar-refractivity contribution in [2.24, 2.45) is 5.73 Å². The number of nitrogens with zero attached hydrogens (tertiary/aromatic N) is 2. The molecule has 1 aromatic carbocycles. The molecule has 2 aromatic rings. The Morgan fingerprint density at radius 3 is 2.75 bits per heavy atom. The molecule has 1 aliphatic heterocycles. The van der Waals surface area contributed by atoms with Gasteiger partial charge < -0.3 is 10.5 Å². The van der Waals surface area contributed by atoms with Gasteiger partial charge in [0.05, 0.1) is 11.7 Å². The number of carbonyl (C=O) groups excluding carboxylic acids is 1. The Morgan fingerprint density at radius 2 is 2.00 bits per heavy atom. The smallest absolute Gasteiger partial charge is 0.267 e. The highest BCUT2D eigenvalue weighted by atomic mass is 16.5. The quantitative estimate of drug-likeness (QED) is 0.808. The Balaban J connectivity index is 1.90. The zero-order valence-corrected chi connectivity index (χ0v) is 10.6. The summed E-state index contributed by atoms with van der Waals surface area (Å²) in [5, 5.41) is 10.3. The maximum Gasteiger partial charge on any atom is 0.267 e. The molecule has 6 nitrogen and oxygen atoms in total. The van der Waals surface area contributed by atoms with Crippen LogP contribution in [0.15, 0.2) is 42.7 Å². The number of hydroxylamine groups is 1. The second kappa shape index (κ2) is 4.92. The Bertz CT molecular complexity index is 645. The van der Waals surface area contributed by atoms with E-state index in [2.05, 4.69) is 4.98 Å². The van der Waals surface area contributed by atoms with Crippen LogP contribution in [0.4, 0.5) is 5.69 Å². The van der Waals surface area contributed by atoms with Crippen LogP contribution in [-0.2, 0) is 11.2 Å². The van der Waals surface area contributed by atoms with Gasteiger partial charge in [0.15, 0.2) is 0 Å². The first kappa shape index (κ1) is 12.6. The van der Waals surface area contributed by atoms with E-state index < -0.39 is 11.9 Å². The molecule has 102 valence electrons. The van der Waals surface area contributed by atoms with Gasteiger partial charge in [0.1, 0.15) is 11.5 Å². The Kier molecular flexibility index (Phi) is 3.09. The molecule has 2 heterocycles. The van der Waals surface area contributed by atoms with Crippen LogP contribution < -0.4 is 15.5 Å². The van der Waals surface area contributed by atoms with Crippen molar-refractivity contribution in [1.82, 2.24) is 4.98 Å². The summed E-state index contributed by atoms with van der Waals surface area (Å²) in [4.78, 5) is 15.5. The normalized spacial score (nSPS) is 17.8. The third kappa shape index (κ3) is 2.22. The fourth-order valence-corrected chi connectivity index (χ4v) is 2.14. The van der Waals surface area contributed by atoms with Crippen LogP contribution in [0.5, 0.6) is 11.5 Å². The average Bonchev–Trinajstić information content (AvgIpc) is 2.46. The van der Waals surface area contributed by atoms with Gasteiger partial charge in [0, 0.05) is 12.4 Å². The molecule has 0 fully saturated rings. The van der Waals surface area contributed by atoms with Crippen molar-refractivity contribution in [2.45, 2.75) is 12.5 Å². The van der Waals surface area contributed by atoms with Crippen LogP contribution in [0.3, 0.4) is 0 Å². The lowest BCUT2D eigenvalue weighted by atomic mass is 9.99. The van der Waals surface area contributed by atoms with E-state index in [1.54, 1.807) is 42.7 Å². The molecule has 0 bridgehead atoms. The number of aromatic nitrogens is 1. The Hall–Kier alpha value is -2.44. The highest BCUT2D eigenvalue weighted by Gasteiger charge is 2.29. The van der Waals surface area contributed by atoms with E-state index in [-0.39, 0.29) is 0 Å². The molecule has 1 atom stereocenters. The van der Waals surface area contributed by atoms with E-state index in [4.69, 9.17) is 10.5 Å². The van der Waals surface area contributed by atoms with Crippen LogP contribution in [0.2, 0.25) is 0 Å². The maximum absolute atomic E-state index is 11.6. The van der Waals surface area contributed by atoms with Crippen LogP contribution in [0.25, 0.3) is 0 Å². The zero-order chi connectivity index (χ0) is 14.1. The SMILES string of the molecule is NC1Cc2cc(Oc3ccncc3)ccc2N(O)C1=O. The lowest BCUT2D eigenvalue weighted by molar-refractivity contribution is -0.125. The molecule has 3 N–H and O–H groups in total. The number of benzene rings is 1. The molecule has 1 aliphatic rings. The van der Waals surface area contributed by atoms with Gasteiger partial charge in [-0.05, 0) is 42.3 Å². The summed E-state index contributed by atoms with van der Waals surface area (Å²) >= 11 is 0. The van der Waals surface area contributed by atoms with Gasteiger partial charge in [-0.1, -0.05) is 0 Å². The van der Waals surface area contributed by atoms with Gasteiger partial charge in [0.2, 0.25) is 0 Å². The fourth-order valence-electron chi connectivity index (χ4n) is 2.14. The van der Waals surface area contributed by atoms with Crippen LogP contribution in [-0.4, -0.2) is 22.1 Å². The van der Waals surface area contributed by atoms with E-state index >= 15 is 0 Å². The summed E-state index contributed by atoms with van der Waals surface area (Å²) in [5.74, 6) is 0.780. The monoisotopic (exact) mass is 271 g/mol. The number of ether oxygens (including phenoxy) is 1. The molecular formula is C14H13N3O3. The Labute approximate surface area is 115 Å². The predicted octanol–water partition coefficient (Wildman–Crippen LogP) is 1.48. The van der Waals surface area contributed by atoms with Gasteiger partial charge >= 0.3 is 0 Å². The van der Waals surface area contributed by atoms with E-state index in [1.807, 2.05) is 0 Å². The number of hydrogen-bond donors (Lipinski definition) is 2. The van der Waals surface area contributed by atoms with Crippen molar-refractivity contribution in [3.8, 4) is 11.5 Å². The largest absolute Gasteiger partial charge is 0.457 e. The molecule has 0 radical (unpaired) electrons. The first-order valence-electron chi connectivity index (χ1n) is 6.14. The second-order valence-electron chi connectivity index (χ2n) is 4.54. The van der Waals surface area contributed by atoms with Gasteiger partial charge in [0.25, 0.3) is 5.91 Å².